The second-order valence-corrected chi connectivity index (χ2v) is 11.4. The van der Waals surface area contributed by atoms with Gasteiger partial charge in [0.1, 0.15) is 30.0 Å². The Morgan fingerprint density at radius 3 is 2.24 bits per heavy atom. The zero-order valence-electron chi connectivity index (χ0n) is 25.0. The summed E-state index contributed by atoms with van der Waals surface area (Å²) in [4.78, 5) is 56.2. The van der Waals surface area contributed by atoms with E-state index < -0.39 is 41.6 Å². The lowest BCUT2D eigenvalue weighted by molar-refractivity contribution is -0.133. The summed E-state index contributed by atoms with van der Waals surface area (Å²) in [5.74, 6) is -1.40. The van der Waals surface area contributed by atoms with Crippen molar-refractivity contribution in [3.8, 4) is 5.75 Å². The zero-order valence-corrected chi connectivity index (χ0v) is 25.0. The molecule has 1 aliphatic rings. The van der Waals surface area contributed by atoms with Gasteiger partial charge in [0.15, 0.2) is 5.78 Å². The molecule has 3 aromatic carbocycles. The van der Waals surface area contributed by atoms with E-state index in [1.807, 2.05) is 54.6 Å². The molecule has 0 aliphatic carbocycles. The van der Waals surface area contributed by atoms with Crippen LogP contribution in [0.4, 0.5) is 4.79 Å². The highest BCUT2D eigenvalue weighted by molar-refractivity contribution is 5.98. The number of epoxide rings is 1. The normalized spacial score (nSPS) is 17.5. The van der Waals surface area contributed by atoms with Gasteiger partial charge in [0.05, 0.1) is 12.6 Å². The number of aromatic nitrogens is 1. The van der Waals surface area contributed by atoms with Gasteiger partial charge in [-0.1, -0.05) is 60.7 Å². The third kappa shape index (κ3) is 8.07. The number of alkyl carbamates (subject to hydrolysis) is 1. The molecule has 1 saturated heterocycles. The van der Waals surface area contributed by atoms with Crippen molar-refractivity contribution >= 4 is 34.6 Å². The molecule has 11 nitrogen and oxygen atoms in total. The van der Waals surface area contributed by atoms with E-state index in [9.17, 15) is 24.3 Å². The van der Waals surface area contributed by atoms with Crippen LogP contribution in [0.1, 0.15) is 30.5 Å². The highest BCUT2D eigenvalue weighted by atomic mass is 16.6. The van der Waals surface area contributed by atoms with Gasteiger partial charge in [-0.3, -0.25) is 14.4 Å². The number of nitrogens with one attached hydrogen (secondary N) is 4. The summed E-state index contributed by atoms with van der Waals surface area (Å²) in [6.07, 6.45) is 1.26. The molecule has 2 heterocycles. The van der Waals surface area contributed by atoms with Gasteiger partial charge in [0, 0.05) is 23.5 Å². The second-order valence-electron chi connectivity index (χ2n) is 11.4. The predicted molar refractivity (Wildman–Crippen MR) is 166 cm³/mol. The van der Waals surface area contributed by atoms with Gasteiger partial charge in [-0.2, -0.15) is 0 Å². The number of rotatable bonds is 13. The minimum Gasteiger partial charge on any atom is -0.508 e. The molecule has 0 saturated carbocycles. The third-order valence-corrected chi connectivity index (χ3v) is 7.78. The van der Waals surface area contributed by atoms with E-state index in [1.165, 1.54) is 19.1 Å². The molecule has 1 aromatic heterocycles. The fourth-order valence-corrected chi connectivity index (χ4v) is 5.00. The molecule has 0 bridgehead atoms. The summed E-state index contributed by atoms with van der Waals surface area (Å²) in [5.41, 5.74) is 2.16. The SMILES string of the molecule is C[C@@H](NC(=O)OCc1ccccc1)C(=O)N[C@@H](Cc1c[nH]c2ccccc12)C(=O)NC(Cc1ccc(O)cc1)C(=O)C1(C)CO1. The quantitative estimate of drug-likeness (QED) is 0.145. The average Bonchev–Trinajstić information content (AvgIpc) is 3.67. The Morgan fingerprint density at radius 1 is 0.867 bits per heavy atom. The van der Waals surface area contributed by atoms with Crippen molar-refractivity contribution in [1.29, 1.82) is 0 Å². The number of aromatic amines is 1. The van der Waals surface area contributed by atoms with E-state index in [1.54, 1.807) is 25.3 Å². The fraction of sp³-hybridized carbons (Fsp3) is 0.294. The van der Waals surface area contributed by atoms with Gasteiger partial charge in [0.2, 0.25) is 11.8 Å². The lowest BCUT2D eigenvalue weighted by Gasteiger charge is -2.25. The van der Waals surface area contributed by atoms with Crippen molar-refractivity contribution in [3.05, 3.63) is 102 Å². The summed E-state index contributed by atoms with van der Waals surface area (Å²) < 4.78 is 10.6. The van der Waals surface area contributed by atoms with Crippen LogP contribution in [0.25, 0.3) is 10.9 Å². The van der Waals surface area contributed by atoms with E-state index in [0.29, 0.717) is 0 Å². The van der Waals surface area contributed by atoms with Crippen molar-refractivity contribution < 1.29 is 33.8 Å². The highest BCUT2D eigenvalue weighted by Gasteiger charge is 2.50. The number of benzene rings is 3. The van der Waals surface area contributed by atoms with Crippen molar-refractivity contribution in [1.82, 2.24) is 20.9 Å². The number of para-hydroxylation sites is 1. The number of hydrogen-bond donors (Lipinski definition) is 5. The average molecular weight is 613 g/mol. The molecular formula is C34H36N4O7. The summed E-state index contributed by atoms with van der Waals surface area (Å²) in [7, 11) is 0. The first-order chi connectivity index (χ1) is 21.6. The van der Waals surface area contributed by atoms with E-state index >= 15 is 0 Å². The van der Waals surface area contributed by atoms with Gasteiger partial charge in [-0.05, 0) is 55.2 Å². The van der Waals surface area contributed by atoms with Crippen LogP contribution in [0.15, 0.2) is 85.1 Å². The summed E-state index contributed by atoms with van der Waals surface area (Å²) in [6.45, 7) is 3.43. The van der Waals surface area contributed by atoms with Crippen LogP contribution < -0.4 is 16.0 Å². The maximum Gasteiger partial charge on any atom is 0.408 e. The number of carbonyl (C=O) groups excluding carboxylic acids is 4. The first-order valence-corrected chi connectivity index (χ1v) is 14.7. The molecule has 0 spiro atoms. The fourth-order valence-electron chi connectivity index (χ4n) is 5.00. The predicted octanol–water partition coefficient (Wildman–Crippen LogP) is 3.30. The van der Waals surface area contributed by atoms with Crippen LogP contribution in [0.3, 0.4) is 0 Å². The number of Topliss-reactive ketones (excluding diaryl/α,β-unsaturated/α-hetero) is 1. The van der Waals surface area contributed by atoms with E-state index in [2.05, 4.69) is 20.9 Å². The Hall–Kier alpha value is -5.16. The lowest BCUT2D eigenvalue weighted by Crippen LogP contribution is -2.57. The Morgan fingerprint density at radius 2 is 1.53 bits per heavy atom. The molecule has 4 atom stereocenters. The highest BCUT2D eigenvalue weighted by Crippen LogP contribution is 2.29. The standard InChI is InChI=1S/C34H36N4O7/c1-21(36-33(43)44-19-23-8-4-3-5-9-23)31(41)38-29(17-24-18-35-27-11-7-6-10-26(24)27)32(42)37-28(30(40)34(2)20-45-34)16-22-12-14-25(39)15-13-22/h3-15,18,21,28-29,35,39H,16-17,19-20H2,1-2H3,(H,36,43)(H,37,42)(H,38,41)/t21-,28?,29+,34?/m1/s1. The first kappa shape index (κ1) is 31.3. The molecule has 5 rings (SSSR count). The molecule has 0 radical (unpaired) electrons. The number of fused-ring (bicyclic) bond motifs is 1. The van der Waals surface area contributed by atoms with Crippen molar-refractivity contribution in [2.45, 2.75) is 57.0 Å². The van der Waals surface area contributed by atoms with Crippen LogP contribution >= 0.6 is 0 Å². The first-order valence-electron chi connectivity index (χ1n) is 14.7. The molecular weight excluding hydrogens is 576 g/mol. The van der Waals surface area contributed by atoms with Crippen LogP contribution in [0, 0.1) is 0 Å². The van der Waals surface area contributed by atoms with Gasteiger partial charge in [-0.15, -0.1) is 0 Å². The number of hydrogen-bond acceptors (Lipinski definition) is 7. The largest absolute Gasteiger partial charge is 0.508 e. The summed E-state index contributed by atoms with van der Waals surface area (Å²) in [6, 6.07) is 20.0. The third-order valence-electron chi connectivity index (χ3n) is 7.78. The number of carbonyl (C=O) groups is 4. The summed E-state index contributed by atoms with van der Waals surface area (Å²) >= 11 is 0. The zero-order chi connectivity index (χ0) is 32.0. The Balaban J connectivity index is 1.31. The smallest absolute Gasteiger partial charge is 0.408 e. The van der Waals surface area contributed by atoms with Gasteiger partial charge in [0.25, 0.3) is 0 Å². The van der Waals surface area contributed by atoms with E-state index in [-0.39, 0.29) is 37.6 Å². The Labute approximate surface area is 260 Å². The Kier molecular flexibility index (Phi) is 9.48. The van der Waals surface area contributed by atoms with Crippen molar-refractivity contribution in [2.75, 3.05) is 6.61 Å². The minimum absolute atomic E-state index is 0.0334. The van der Waals surface area contributed by atoms with Gasteiger partial charge < -0.3 is 35.5 Å². The Bertz CT molecular complexity index is 1660. The van der Waals surface area contributed by atoms with Gasteiger partial charge in [-0.25, -0.2) is 4.79 Å². The van der Waals surface area contributed by atoms with Crippen molar-refractivity contribution in [3.63, 3.8) is 0 Å². The maximum absolute atomic E-state index is 13.9. The van der Waals surface area contributed by atoms with E-state index in [0.717, 1.165) is 27.6 Å². The minimum atomic E-state index is -1.09. The number of phenols is 1. The topological polar surface area (TPSA) is 162 Å². The molecule has 1 aliphatic heterocycles. The molecule has 45 heavy (non-hydrogen) atoms. The second kappa shape index (κ2) is 13.6. The summed E-state index contributed by atoms with van der Waals surface area (Å²) in [5, 5.41) is 18.7. The molecule has 4 aromatic rings. The van der Waals surface area contributed by atoms with Crippen molar-refractivity contribution in [2.24, 2.45) is 0 Å². The van der Waals surface area contributed by atoms with Crippen LogP contribution in [-0.2, 0) is 43.3 Å². The molecule has 11 heteroatoms. The van der Waals surface area contributed by atoms with Crippen LogP contribution in [-0.4, -0.2) is 64.1 Å². The number of ketones is 1. The lowest BCUT2D eigenvalue weighted by atomic mass is 9.94. The number of aromatic hydroxyl groups is 1. The number of phenolic OH excluding ortho intramolecular Hbond substituents is 1. The maximum atomic E-state index is 13.9. The van der Waals surface area contributed by atoms with Gasteiger partial charge >= 0.3 is 6.09 Å². The molecule has 234 valence electrons. The number of amides is 3. The number of ether oxygens (including phenoxy) is 2. The molecule has 1 fully saturated rings. The monoisotopic (exact) mass is 612 g/mol. The molecule has 5 N–H and O–H groups in total. The van der Waals surface area contributed by atoms with Crippen LogP contribution in [0.2, 0.25) is 0 Å². The molecule has 3 amide bonds. The molecule has 2 unspecified atom stereocenters. The van der Waals surface area contributed by atoms with E-state index in [4.69, 9.17) is 9.47 Å². The number of H-pyrrole nitrogens is 1. The van der Waals surface area contributed by atoms with Crippen LogP contribution in [0.5, 0.6) is 5.75 Å².